The molecular weight excluding hydrogens is 286 g/mol. The van der Waals surface area contributed by atoms with Gasteiger partial charge in [0.05, 0.1) is 6.42 Å². The first-order chi connectivity index (χ1) is 11.1. The summed E-state index contributed by atoms with van der Waals surface area (Å²) in [6, 6.07) is 10.1. The Labute approximate surface area is 137 Å². The number of aromatic nitrogens is 2. The van der Waals surface area contributed by atoms with Crippen LogP contribution in [0.4, 0.5) is 0 Å². The van der Waals surface area contributed by atoms with Gasteiger partial charge in [0.2, 0.25) is 5.91 Å². The maximum absolute atomic E-state index is 12.5. The highest BCUT2D eigenvalue weighted by atomic mass is 16.2. The summed E-state index contributed by atoms with van der Waals surface area (Å²) in [5.41, 5.74) is 3.30. The quantitative estimate of drug-likeness (QED) is 0.875. The van der Waals surface area contributed by atoms with Gasteiger partial charge in [-0.05, 0) is 38.3 Å². The van der Waals surface area contributed by atoms with E-state index in [0.29, 0.717) is 12.3 Å². The SMILES string of the molecule is Cc1cccc(CC(=O)N2CCC(c3nccc(C)n3)CC2)c1. The molecule has 1 fully saturated rings. The molecule has 1 aromatic heterocycles. The number of carbonyl (C=O) groups is 1. The van der Waals surface area contributed by atoms with Crippen molar-refractivity contribution < 1.29 is 4.79 Å². The summed E-state index contributed by atoms with van der Waals surface area (Å²) in [7, 11) is 0. The second-order valence-corrected chi connectivity index (χ2v) is 6.38. The molecule has 0 radical (unpaired) electrons. The highest BCUT2D eigenvalue weighted by molar-refractivity contribution is 5.78. The Kier molecular flexibility index (Phi) is 4.70. The van der Waals surface area contributed by atoms with Crippen molar-refractivity contribution in [3.8, 4) is 0 Å². The van der Waals surface area contributed by atoms with Crippen molar-refractivity contribution in [2.75, 3.05) is 13.1 Å². The van der Waals surface area contributed by atoms with E-state index in [0.717, 1.165) is 43.0 Å². The van der Waals surface area contributed by atoms with Gasteiger partial charge in [0.1, 0.15) is 5.82 Å². The number of carbonyl (C=O) groups excluding carboxylic acids is 1. The lowest BCUT2D eigenvalue weighted by molar-refractivity contribution is -0.131. The number of benzene rings is 1. The molecule has 23 heavy (non-hydrogen) atoms. The molecule has 0 atom stereocenters. The van der Waals surface area contributed by atoms with E-state index < -0.39 is 0 Å². The number of nitrogens with zero attached hydrogens (tertiary/aromatic N) is 3. The van der Waals surface area contributed by atoms with Crippen molar-refractivity contribution in [1.82, 2.24) is 14.9 Å². The van der Waals surface area contributed by atoms with E-state index in [1.807, 2.05) is 36.2 Å². The van der Waals surface area contributed by atoms with E-state index in [4.69, 9.17) is 0 Å². The molecule has 0 spiro atoms. The van der Waals surface area contributed by atoms with Crippen LogP contribution in [0.2, 0.25) is 0 Å². The minimum atomic E-state index is 0.221. The first kappa shape index (κ1) is 15.7. The minimum absolute atomic E-state index is 0.221. The van der Waals surface area contributed by atoms with Crippen molar-refractivity contribution in [3.05, 3.63) is 59.2 Å². The molecule has 3 rings (SSSR count). The van der Waals surface area contributed by atoms with Crippen molar-refractivity contribution in [3.63, 3.8) is 0 Å². The largest absolute Gasteiger partial charge is 0.342 e. The van der Waals surface area contributed by atoms with Crippen LogP contribution in [-0.2, 0) is 11.2 Å². The predicted octanol–water partition coefficient (Wildman–Crippen LogP) is 3.04. The van der Waals surface area contributed by atoms with Crippen molar-refractivity contribution >= 4 is 5.91 Å². The summed E-state index contributed by atoms with van der Waals surface area (Å²) in [5, 5.41) is 0. The molecular formula is C19H23N3O. The van der Waals surface area contributed by atoms with Gasteiger partial charge in [-0.1, -0.05) is 29.8 Å². The summed E-state index contributed by atoms with van der Waals surface area (Å²) in [6.07, 6.45) is 4.21. The second-order valence-electron chi connectivity index (χ2n) is 6.38. The second kappa shape index (κ2) is 6.90. The molecule has 1 aliphatic heterocycles. The fourth-order valence-electron chi connectivity index (χ4n) is 3.16. The summed E-state index contributed by atoms with van der Waals surface area (Å²) in [5.74, 6) is 1.52. The normalized spacial score (nSPS) is 15.7. The van der Waals surface area contributed by atoms with Gasteiger partial charge in [-0.2, -0.15) is 0 Å². The molecule has 0 bridgehead atoms. The van der Waals surface area contributed by atoms with E-state index >= 15 is 0 Å². The number of likely N-dealkylation sites (tertiary alicyclic amines) is 1. The fraction of sp³-hybridized carbons (Fsp3) is 0.421. The zero-order chi connectivity index (χ0) is 16.2. The molecule has 1 amide bonds. The molecule has 4 nitrogen and oxygen atoms in total. The van der Waals surface area contributed by atoms with Crippen LogP contribution in [0, 0.1) is 13.8 Å². The summed E-state index contributed by atoms with van der Waals surface area (Å²) < 4.78 is 0. The lowest BCUT2D eigenvalue weighted by atomic mass is 9.95. The fourth-order valence-corrected chi connectivity index (χ4v) is 3.16. The molecule has 1 saturated heterocycles. The van der Waals surface area contributed by atoms with Crippen molar-refractivity contribution in [2.45, 2.75) is 39.0 Å². The van der Waals surface area contributed by atoms with Crippen LogP contribution in [-0.4, -0.2) is 33.9 Å². The van der Waals surface area contributed by atoms with Gasteiger partial charge in [0, 0.05) is 30.9 Å². The van der Waals surface area contributed by atoms with Gasteiger partial charge in [-0.15, -0.1) is 0 Å². The Balaban J connectivity index is 1.57. The molecule has 0 aliphatic carbocycles. The third-order valence-electron chi connectivity index (χ3n) is 4.46. The molecule has 1 aromatic carbocycles. The van der Waals surface area contributed by atoms with Crippen LogP contribution >= 0.6 is 0 Å². The molecule has 2 heterocycles. The summed E-state index contributed by atoms with van der Waals surface area (Å²) in [4.78, 5) is 23.4. The van der Waals surface area contributed by atoms with E-state index in [9.17, 15) is 4.79 Å². The lowest BCUT2D eigenvalue weighted by Gasteiger charge is -2.31. The standard InChI is InChI=1S/C19H23N3O/c1-14-4-3-5-16(12-14)13-18(23)22-10-7-17(8-11-22)19-20-9-6-15(2)21-19/h3-6,9,12,17H,7-8,10-11,13H2,1-2H3. The van der Waals surface area contributed by atoms with Crippen LogP contribution in [0.25, 0.3) is 0 Å². The summed E-state index contributed by atoms with van der Waals surface area (Å²) >= 11 is 0. The van der Waals surface area contributed by atoms with E-state index in [-0.39, 0.29) is 5.91 Å². The van der Waals surface area contributed by atoms with E-state index in [1.165, 1.54) is 5.56 Å². The number of rotatable bonds is 3. The topological polar surface area (TPSA) is 46.1 Å². The zero-order valence-corrected chi connectivity index (χ0v) is 13.8. The predicted molar refractivity (Wildman–Crippen MR) is 90.2 cm³/mol. The average molecular weight is 309 g/mol. The monoisotopic (exact) mass is 309 g/mol. The Morgan fingerprint density at radius 1 is 1.22 bits per heavy atom. The first-order valence-electron chi connectivity index (χ1n) is 8.24. The third kappa shape index (κ3) is 3.95. The van der Waals surface area contributed by atoms with Gasteiger partial charge in [0.15, 0.2) is 0 Å². The maximum Gasteiger partial charge on any atom is 0.226 e. The number of amides is 1. The molecule has 4 heteroatoms. The van der Waals surface area contributed by atoms with Gasteiger partial charge >= 0.3 is 0 Å². The molecule has 0 saturated carbocycles. The Hall–Kier alpha value is -2.23. The first-order valence-corrected chi connectivity index (χ1v) is 8.24. The van der Waals surface area contributed by atoms with Gasteiger partial charge in [-0.3, -0.25) is 4.79 Å². The van der Waals surface area contributed by atoms with Crippen LogP contribution in [0.1, 0.15) is 41.4 Å². The molecule has 1 aliphatic rings. The average Bonchev–Trinajstić information content (AvgIpc) is 2.55. The van der Waals surface area contributed by atoms with Crippen LogP contribution < -0.4 is 0 Å². The number of hydrogen-bond donors (Lipinski definition) is 0. The Morgan fingerprint density at radius 3 is 2.70 bits per heavy atom. The van der Waals surface area contributed by atoms with E-state index in [2.05, 4.69) is 29.0 Å². The maximum atomic E-state index is 12.5. The van der Waals surface area contributed by atoms with Gasteiger partial charge in [0.25, 0.3) is 0 Å². The third-order valence-corrected chi connectivity index (χ3v) is 4.46. The molecule has 0 N–H and O–H groups in total. The lowest BCUT2D eigenvalue weighted by Crippen LogP contribution is -2.39. The Bertz CT molecular complexity index is 691. The molecule has 2 aromatic rings. The number of piperidine rings is 1. The van der Waals surface area contributed by atoms with Crippen LogP contribution in [0.5, 0.6) is 0 Å². The Morgan fingerprint density at radius 2 is 2.00 bits per heavy atom. The van der Waals surface area contributed by atoms with Crippen LogP contribution in [0.3, 0.4) is 0 Å². The number of hydrogen-bond acceptors (Lipinski definition) is 3. The zero-order valence-electron chi connectivity index (χ0n) is 13.8. The van der Waals surface area contributed by atoms with Crippen molar-refractivity contribution in [1.29, 1.82) is 0 Å². The van der Waals surface area contributed by atoms with Gasteiger partial charge < -0.3 is 4.90 Å². The van der Waals surface area contributed by atoms with Crippen molar-refractivity contribution in [2.24, 2.45) is 0 Å². The smallest absolute Gasteiger partial charge is 0.226 e. The highest BCUT2D eigenvalue weighted by Crippen LogP contribution is 2.25. The van der Waals surface area contributed by atoms with Crippen LogP contribution in [0.15, 0.2) is 36.5 Å². The number of aryl methyl sites for hydroxylation is 2. The molecule has 0 unspecified atom stereocenters. The van der Waals surface area contributed by atoms with E-state index in [1.54, 1.807) is 0 Å². The molecule has 120 valence electrons. The van der Waals surface area contributed by atoms with Gasteiger partial charge in [-0.25, -0.2) is 9.97 Å². The highest BCUT2D eigenvalue weighted by Gasteiger charge is 2.25. The summed E-state index contributed by atoms with van der Waals surface area (Å²) in [6.45, 7) is 5.65. The minimum Gasteiger partial charge on any atom is -0.342 e.